The van der Waals surface area contributed by atoms with Gasteiger partial charge in [-0.1, -0.05) is 24.3 Å². The van der Waals surface area contributed by atoms with E-state index in [9.17, 15) is 9.59 Å². The van der Waals surface area contributed by atoms with Crippen LogP contribution in [0.5, 0.6) is 0 Å². The van der Waals surface area contributed by atoms with Gasteiger partial charge in [0.15, 0.2) is 0 Å². The molecule has 0 aliphatic carbocycles. The van der Waals surface area contributed by atoms with Crippen molar-refractivity contribution in [3.05, 3.63) is 64.7 Å². The number of hydrogen-bond acceptors (Lipinski definition) is 5. The summed E-state index contributed by atoms with van der Waals surface area (Å²) < 4.78 is 10.5. The summed E-state index contributed by atoms with van der Waals surface area (Å²) in [6.45, 7) is 5.78. The van der Waals surface area contributed by atoms with Gasteiger partial charge in [0.25, 0.3) is 11.8 Å². The van der Waals surface area contributed by atoms with Crippen molar-refractivity contribution in [1.82, 2.24) is 9.80 Å². The molecule has 0 bridgehead atoms. The molecule has 2 aliphatic heterocycles. The Balaban J connectivity index is 1.43. The van der Waals surface area contributed by atoms with Crippen LogP contribution in [0.2, 0.25) is 0 Å². The lowest BCUT2D eigenvalue weighted by Crippen LogP contribution is -2.35. The van der Waals surface area contributed by atoms with Gasteiger partial charge in [0.05, 0.1) is 30.9 Å². The van der Waals surface area contributed by atoms with Crippen LogP contribution in [0, 0.1) is 0 Å². The number of hydrogen-bond donors (Lipinski definition) is 1. The van der Waals surface area contributed by atoms with Crippen LogP contribution in [-0.4, -0.2) is 68.2 Å². The number of rotatable bonds is 7. The first-order chi connectivity index (χ1) is 14.7. The van der Waals surface area contributed by atoms with Gasteiger partial charge in [-0.2, -0.15) is 0 Å². The first-order valence-corrected chi connectivity index (χ1v) is 10.3. The minimum absolute atomic E-state index is 0.117. The summed E-state index contributed by atoms with van der Waals surface area (Å²) in [7, 11) is 1.61. The summed E-state index contributed by atoms with van der Waals surface area (Å²) in [5, 5.41) is 2.93. The lowest BCUT2D eigenvalue weighted by Gasteiger charge is -2.26. The SMILES string of the molecule is COCCN1Cc2cccc(C(=O)Nc3ccc(CN4CCOCC4)cc3)c2C1=O. The van der Waals surface area contributed by atoms with E-state index in [0.29, 0.717) is 36.5 Å². The van der Waals surface area contributed by atoms with Crippen molar-refractivity contribution in [2.75, 3.05) is 51.9 Å². The predicted molar refractivity (Wildman–Crippen MR) is 114 cm³/mol. The van der Waals surface area contributed by atoms with Gasteiger partial charge < -0.3 is 19.7 Å². The molecule has 0 radical (unpaired) electrons. The van der Waals surface area contributed by atoms with E-state index in [0.717, 1.165) is 38.4 Å². The molecule has 0 atom stereocenters. The maximum absolute atomic E-state index is 12.9. The van der Waals surface area contributed by atoms with E-state index >= 15 is 0 Å². The van der Waals surface area contributed by atoms with Gasteiger partial charge in [-0.25, -0.2) is 0 Å². The van der Waals surface area contributed by atoms with Gasteiger partial charge >= 0.3 is 0 Å². The largest absolute Gasteiger partial charge is 0.383 e. The molecule has 0 spiro atoms. The summed E-state index contributed by atoms with van der Waals surface area (Å²) in [4.78, 5) is 29.8. The van der Waals surface area contributed by atoms with E-state index < -0.39 is 0 Å². The lowest BCUT2D eigenvalue weighted by atomic mass is 10.0. The Morgan fingerprint density at radius 3 is 2.63 bits per heavy atom. The Kier molecular flexibility index (Phi) is 6.42. The average Bonchev–Trinajstić information content (AvgIpc) is 3.10. The van der Waals surface area contributed by atoms with Crippen LogP contribution >= 0.6 is 0 Å². The van der Waals surface area contributed by atoms with Crippen molar-refractivity contribution in [3.8, 4) is 0 Å². The number of carbonyl (C=O) groups excluding carboxylic acids is 2. The van der Waals surface area contributed by atoms with E-state index in [1.54, 1.807) is 18.1 Å². The van der Waals surface area contributed by atoms with Crippen LogP contribution in [0.15, 0.2) is 42.5 Å². The number of amides is 2. The second-order valence-electron chi connectivity index (χ2n) is 7.60. The number of anilines is 1. The molecule has 1 saturated heterocycles. The highest BCUT2D eigenvalue weighted by Gasteiger charge is 2.31. The van der Waals surface area contributed by atoms with Crippen molar-refractivity contribution >= 4 is 17.5 Å². The van der Waals surface area contributed by atoms with Gasteiger partial charge in [-0.15, -0.1) is 0 Å². The van der Waals surface area contributed by atoms with Gasteiger partial charge in [-0.3, -0.25) is 14.5 Å². The molecule has 2 aliphatic rings. The van der Waals surface area contributed by atoms with Crippen LogP contribution in [0.25, 0.3) is 0 Å². The summed E-state index contributed by atoms with van der Waals surface area (Å²) >= 11 is 0. The maximum Gasteiger partial charge on any atom is 0.256 e. The monoisotopic (exact) mass is 409 g/mol. The Morgan fingerprint density at radius 2 is 1.90 bits per heavy atom. The summed E-state index contributed by atoms with van der Waals surface area (Å²) in [6, 6.07) is 13.3. The highest BCUT2D eigenvalue weighted by Crippen LogP contribution is 2.26. The third kappa shape index (κ3) is 4.53. The number of morpholine rings is 1. The molecular weight excluding hydrogens is 382 g/mol. The normalized spacial score (nSPS) is 16.6. The number of nitrogens with one attached hydrogen (secondary N) is 1. The molecule has 30 heavy (non-hydrogen) atoms. The molecule has 2 aromatic carbocycles. The van der Waals surface area contributed by atoms with E-state index in [4.69, 9.17) is 9.47 Å². The highest BCUT2D eigenvalue weighted by atomic mass is 16.5. The maximum atomic E-state index is 12.9. The molecule has 2 aromatic rings. The molecule has 158 valence electrons. The minimum atomic E-state index is -0.269. The van der Waals surface area contributed by atoms with E-state index in [1.807, 2.05) is 36.4 Å². The molecular formula is C23H27N3O4. The number of fused-ring (bicyclic) bond motifs is 1. The van der Waals surface area contributed by atoms with Crippen molar-refractivity contribution in [1.29, 1.82) is 0 Å². The standard InChI is InChI=1S/C23H27N3O4/c1-29-12-11-26-16-18-3-2-4-20(21(18)23(26)28)22(27)24-19-7-5-17(6-8-19)15-25-9-13-30-14-10-25/h2-8H,9-16H2,1H3,(H,24,27). The average molecular weight is 409 g/mol. The van der Waals surface area contributed by atoms with Gasteiger partial charge in [0.2, 0.25) is 0 Å². The fraction of sp³-hybridized carbons (Fsp3) is 0.391. The Bertz CT molecular complexity index is 907. The molecule has 1 N–H and O–H groups in total. The second-order valence-corrected chi connectivity index (χ2v) is 7.60. The molecule has 1 fully saturated rings. The topological polar surface area (TPSA) is 71.1 Å². The number of methoxy groups -OCH3 is 1. The number of carbonyl (C=O) groups is 2. The zero-order valence-electron chi connectivity index (χ0n) is 17.2. The molecule has 2 amide bonds. The molecule has 7 nitrogen and oxygen atoms in total. The lowest BCUT2D eigenvalue weighted by molar-refractivity contribution is 0.0342. The summed E-state index contributed by atoms with van der Waals surface area (Å²) in [5.74, 6) is -0.386. The quantitative estimate of drug-likeness (QED) is 0.760. The molecule has 0 unspecified atom stereocenters. The highest BCUT2D eigenvalue weighted by molar-refractivity contribution is 6.13. The zero-order chi connectivity index (χ0) is 20.9. The number of ether oxygens (including phenoxy) is 2. The number of benzene rings is 2. The molecule has 4 rings (SSSR count). The Labute approximate surface area is 176 Å². The molecule has 2 heterocycles. The van der Waals surface area contributed by atoms with Crippen LogP contribution in [-0.2, 0) is 22.6 Å². The molecule has 0 saturated carbocycles. The predicted octanol–water partition coefficient (Wildman–Crippen LogP) is 2.37. The van der Waals surface area contributed by atoms with Crippen LogP contribution in [0.3, 0.4) is 0 Å². The van der Waals surface area contributed by atoms with Crippen LogP contribution in [0.1, 0.15) is 31.8 Å². The third-order valence-electron chi connectivity index (χ3n) is 5.54. The van der Waals surface area contributed by atoms with E-state index in [2.05, 4.69) is 10.2 Å². The van der Waals surface area contributed by atoms with Gasteiger partial charge in [-0.05, 0) is 29.3 Å². The fourth-order valence-electron chi connectivity index (χ4n) is 3.90. The first kappa shape index (κ1) is 20.5. The van der Waals surface area contributed by atoms with Crippen molar-refractivity contribution < 1.29 is 19.1 Å². The zero-order valence-corrected chi connectivity index (χ0v) is 17.2. The molecule has 0 aromatic heterocycles. The summed E-state index contributed by atoms with van der Waals surface area (Å²) in [6.07, 6.45) is 0. The molecule has 7 heteroatoms. The van der Waals surface area contributed by atoms with Gasteiger partial charge in [0.1, 0.15) is 0 Å². The van der Waals surface area contributed by atoms with Crippen molar-refractivity contribution in [2.24, 2.45) is 0 Å². The van der Waals surface area contributed by atoms with Crippen LogP contribution in [0.4, 0.5) is 5.69 Å². The Morgan fingerprint density at radius 1 is 1.13 bits per heavy atom. The Hall–Kier alpha value is -2.74. The van der Waals surface area contributed by atoms with Crippen molar-refractivity contribution in [2.45, 2.75) is 13.1 Å². The fourth-order valence-corrected chi connectivity index (χ4v) is 3.90. The first-order valence-electron chi connectivity index (χ1n) is 10.3. The van der Waals surface area contributed by atoms with Crippen LogP contribution < -0.4 is 5.32 Å². The van der Waals surface area contributed by atoms with E-state index in [-0.39, 0.29) is 11.8 Å². The van der Waals surface area contributed by atoms with Gasteiger partial charge in [0, 0.05) is 45.5 Å². The minimum Gasteiger partial charge on any atom is -0.383 e. The van der Waals surface area contributed by atoms with E-state index in [1.165, 1.54) is 5.56 Å². The van der Waals surface area contributed by atoms with Crippen molar-refractivity contribution in [3.63, 3.8) is 0 Å². The third-order valence-corrected chi connectivity index (χ3v) is 5.54. The smallest absolute Gasteiger partial charge is 0.256 e. The number of nitrogens with zero attached hydrogens (tertiary/aromatic N) is 2. The second kappa shape index (κ2) is 9.38. The summed E-state index contributed by atoms with van der Waals surface area (Å²) in [5.41, 5.74) is 3.69.